The van der Waals surface area contributed by atoms with Gasteiger partial charge in [0.1, 0.15) is 5.02 Å². The lowest BCUT2D eigenvalue weighted by molar-refractivity contribution is -0.155. The summed E-state index contributed by atoms with van der Waals surface area (Å²) in [5, 5.41) is 25.5. The molecular weight excluding hydrogens is 357 g/mol. The standard InChI is InChI=1S/C15H15Cl2N3O4/c1-8-3-4-9(5-10(8)16)20-13(21)12(17)11(6-19-20)18-7-15(2,24)14(22)23/h3-6,18,24H,7H2,1-2H3,(H,22,23). The van der Waals surface area contributed by atoms with Crippen LogP contribution in [0.4, 0.5) is 5.69 Å². The Balaban J connectivity index is 2.34. The molecule has 9 heteroatoms. The number of aromatic nitrogens is 2. The second-order valence-electron chi connectivity index (χ2n) is 5.46. The molecule has 1 aromatic carbocycles. The molecule has 3 N–H and O–H groups in total. The van der Waals surface area contributed by atoms with Crippen molar-refractivity contribution < 1.29 is 15.0 Å². The molecule has 24 heavy (non-hydrogen) atoms. The molecular formula is C15H15Cl2N3O4. The fourth-order valence-corrected chi connectivity index (χ4v) is 2.17. The summed E-state index contributed by atoms with van der Waals surface area (Å²) in [6.45, 7) is 2.61. The summed E-state index contributed by atoms with van der Waals surface area (Å²) in [7, 11) is 0. The first-order valence-corrected chi connectivity index (χ1v) is 7.63. The van der Waals surface area contributed by atoms with E-state index < -0.39 is 17.1 Å². The minimum absolute atomic E-state index is 0.123. The van der Waals surface area contributed by atoms with E-state index in [4.69, 9.17) is 28.3 Å². The Kier molecular flexibility index (Phi) is 5.17. The smallest absolute Gasteiger partial charge is 0.337 e. The normalized spacial score (nSPS) is 13.4. The van der Waals surface area contributed by atoms with Crippen LogP contribution in [0, 0.1) is 6.92 Å². The second kappa shape index (κ2) is 6.80. The van der Waals surface area contributed by atoms with E-state index in [1.807, 2.05) is 6.92 Å². The molecule has 0 aliphatic carbocycles. The first kappa shape index (κ1) is 18.3. The van der Waals surface area contributed by atoms with Crippen molar-refractivity contribution in [3.63, 3.8) is 0 Å². The number of rotatable bonds is 5. The Morgan fingerprint density at radius 2 is 2.08 bits per heavy atom. The number of hydrogen-bond acceptors (Lipinski definition) is 5. The number of carboxylic acid groups (broad SMARTS) is 1. The van der Waals surface area contributed by atoms with Gasteiger partial charge in [-0.15, -0.1) is 0 Å². The molecule has 2 rings (SSSR count). The highest BCUT2D eigenvalue weighted by atomic mass is 35.5. The largest absolute Gasteiger partial charge is 0.479 e. The SMILES string of the molecule is Cc1ccc(-n2ncc(NCC(C)(O)C(=O)O)c(Cl)c2=O)cc1Cl. The number of carboxylic acids is 1. The molecule has 2 aromatic rings. The van der Waals surface area contributed by atoms with E-state index in [0.29, 0.717) is 10.7 Å². The lowest BCUT2D eigenvalue weighted by Gasteiger charge is -2.19. The van der Waals surface area contributed by atoms with Crippen molar-refractivity contribution in [3.8, 4) is 5.69 Å². The maximum absolute atomic E-state index is 12.4. The topological polar surface area (TPSA) is 104 Å². The van der Waals surface area contributed by atoms with E-state index >= 15 is 0 Å². The molecule has 0 aliphatic heterocycles. The number of anilines is 1. The number of hydrogen-bond donors (Lipinski definition) is 3. The third kappa shape index (κ3) is 3.69. The van der Waals surface area contributed by atoms with E-state index in [1.165, 1.54) is 6.20 Å². The summed E-state index contributed by atoms with van der Waals surface area (Å²) in [4.78, 5) is 23.2. The lowest BCUT2D eigenvalue weighted by atomic mass is 10.1. The molecule has 7 nitrogen and oxygen atoms in total. The van der Waals surface area contributed by atoms with Crippen LogP contribution in [0.1, 0.15) is 12.5 Å². The molecule has 0 aliphatic rings. The van der Waals surface area contributed by atoms with Gasteiger partial charge in [-0.1, -0.05) is 29.3 Å². The van der Waals surface area contributed by atoms with Gasteiger partial charge in [0.2, 0.25) is 0 Å². The quantitative estimate of drug-likeness (QED) is 0.743. The molecule has 1 aromatic heterocycles. The van der Waals surface area contributed by atoms with Crippen LogP contribution < -0.4 is 10.9 Å². The summed E-state index contributed by atoms with van der Waals surface area (Å²) in [6.07, 6.45) is 1.27. The maximum Gasteiger partial charge on any atom is 0.337 e. The highest BCUT2D eigenvalue weighted by Gasteiger charge is 2.30. The minimum atomic E-state index is -2.01. The van der Waals surface area contributed by atoms with Gasteiger partial charge in [-0.2, -0.15) is 9.78 Å². The fourth-order valence-electron chi connectivity index (χ4n) is 1.80. The van der Waals surface area contributed by atoms with Gasteiger partial charge in [0.15, 0.2) is 5.60 Å². The van der Waals surface area contributed by atoms with Gasteiger partial charge in [-0.05, 0) is 31.5 Å². The molecule has 0 radical (unpaired) electrons. The van der Waals surface area contributed by atoms with Crippen molar-refractivity contribution in [3.05, 3.63) is 50.4 Å². The van der Waals surface area contributed by atoms with Crippen LogP contribution in [0.5, 0.6) is 0 Å². The Labute approximate surface area is 147 Å². The van der Waals surface area contributed by atoms with E-state index in [1.54, 1.807) is 18.2 Å². The zero-order chi connectivity index (χ0) is 18.1. The average Bonchev–Trinajstić information content (AvgIpc) is 2.51. The Morgan fingerprint density at radius 3 is 2.67 bits per heavy atom. The van der Waals surface area contributed by atoms with Crippen molar-refractivity contribution in [2.45, 2.75) is 19.4 Å². The molecule has 1 heterocycles. The van der Waals surface area contributed by atoms with Gasteiger partial charge in [0.05, 0.1) is 24.1 Å². The summed E-state index contributed by atoms with van der Waals surface area (Å²) in [5.41, 5.74) is -1.19. The van der Waals surface area contributed by atoms with Gasteiger partial charge >= 0.3 is 5.97 Å². The zero-order valence-corrected chi connectivity index (χ0v) is 14.4. The first-order chi connectivity index (χ1) is 11.1. The predicted octanol–water partition coefficient (Wildman–Crippen LogP) is 2.10. The molecule has 0 saturated carbocycles. The summed E-state index contributed by atoms with van der Waals surface area (Å²) >= 11 is 12.1. The predicted molar refractivity (Wildman–Crippen MR) is 91.3 cm³/mol. The first-order valence-electron chi connectivity index (χ1n) is 6.87. The number of halogens is 2. The van der Waals surface area contributed by atoms with Crippen LogP contribution >= 0.6 is 23.2 Å². The number of nitrogens with one attached hydrogen (secondary N) is 1. The highest BCUT2D eigenvalue weighted by molar-refractivity contribution is 6.33. The Morgan fingerprint density at radius 1 is 1.42 bits per heavy atom. The number of aliphatic carboxylic acids is 1. The van der Waals surface area contributed by atoms with Crippen LogP contribution in [0.2, 0.25) is 10.0 Å². The van der Waals surface area contributed by atoms with Crippen LogP contribution in [0.15, 0.2) is 29.2 Å². The maximum atomic E-state index is 12.4. The average molecular weight is 372 g/mol. The van der Waals surface area contributed by atoms with Crippen LogP contribution in [0.3, 0.4) is 0 Å². The molecule has 1 atom stereocenters. The zero-order valence-electron chi connectivity index (χ0n) is 12.9. The monoisotopic (exact) mass is 371 g/mol. The number of aryl methyl sites for hydroxylation is 1. The number of benzene rings is 1. The van der Waals surface area contributed by atoms with Gasteiger partial charge in [0.25, 0.3) is 5.56 Å². The van der Waals surface area contributed by atoms with Gasteiger partial charge in [0, 0.05) is 5.02 Å². The Bertz CT molecular complexity index is 849. The van der Waals surface area contributed by atoms with Crippen molar-refractivity contribution in [1.82, 2.24) is 9.78 Å². The summed E-state index contributed by atoms with van der Waals surface area (Å²) in [6, 6.07) is 5.01. The van der Waals surface area contributed by atoms with E-state index in [9.17, 15) is 14.7 Å². The number of carbonyl (C=O) groups is 1. The van der Waals surface area contributed by atoms with Gasteiger partial charge in [-0.25, -0.2) is 4.79 Å². The fraction of sp³-hybridized carbons (Fsp3) is 0.267. The van der Waals surface area contributed by atoms with Gasteiger partial charge in [-0.3, -0.25) is 4.79 Å². The molecule has 0 spiro atoms. The molecule has 128 valence electrons. The molecule has 1 unspecified atom stereocenters. The number of nitrogens with zero attached hydrogens (tertiary/aromatic N) is 2. The third-order valence-electron chi connectivity index (χ3n) is 3.40. The van der Waals surface area contributed by atoms with Crippen molar-refractivity contribution >= 4 is 34.9 Å². The van der Waals surface area contributed by atoms with Crippen molar-refractivity contribution in [2.75, 3.05) is 11.9 Å². The third-order valence-corrected chi connectivity index (χ3v) is 4.18. The molecule has 0 fully saturated rings. The molecule has 0 amide bonds. The molecule has 0 saturated heterocycles. The van der Waals surface area contributed by atoms with Gasteiger partial charge < -0.3 is 15.5 Å². The van der Waals surface area contributed by atoms with E-state index in [2.05, 4.69) is 10.4 Å². The lowest BCUT2D eigenvalue weighted by Crippen LogP contribution is -2.42. The van der Waals surface area contributed by atoms with E-state index in [-0.39, 0.29) is 17.3 Å². The van der Waals surface area contributed by atoms with Crippen molar-refractivity contribution in [2.24, 2.45) is 0 Å². The van der Waals surface area contributed by atoms with Crippen LogP contribution in [-0.2, 0) is 4.79 Å². The summed E-state index contributed by atoms with van der Waals surface area (Å²) < 4.78 is 1.08. The van der Waals surface area contributed by atoms with E-state index in [0.717, 1.165) is 17.2 Å². The minimum Gasteiger partial charge on any atom is -0.479 e. The Hall–Kier alpha value is -2.09. The second-order valence-corrected chi connectivity index (χ2v) is 6.24. The molecule has 0 bridgehead atoms. The number of aliphatic hydroxyl groups is 1. The highest BCUT2D eigenvalue weighted by Crippen LogP contribution is 2.21. The summed E-state index contributed by atoms with van der Waals surface area (Å²) in [5.74, 6) is -1.40. The van der Waals surface area contributed by atoms with Crippen molar-refractivity contribution in [1.29, 1.82) is 0 Å². The van der Waals surface area contributed by atoms with Crippen LogP contribution in [-0.4, -0.2) is 38.1 Å². The van der Waals surface area contributed by atoms with Crippen LogP contribution in [0.25, 0.3) is 5.69 Å².